The van der Waals surface area contributed by atoms with Gasteiger partial charge in [-0.3, -0.25) is 4.79 Å². The van der Waals surface area contributed by atoms with Crippen molar-refractivity contribution in [2.45, 2.75) is 26.2 Å². The molecule has 2 unspecified atom stereocenters. The summed E-state index contributed by atoms with van der Waals surface area (Å²) >= 11 is 12.4. The SMILES string of the molecule is CCc1ccc(-c2ccc(Cl)cc2Cl)cc1C1=C(O)C2C=CC(CC2)C1=O. The number of hydrogen-bond acceptors (Lipinski definition) is 2. The van der Waals surface area contributed by atoms with Gasteiger partial charge in [0, 0.05) is 27.4 Å². The molecule has 0 fully saturated rings. The van der Waals surface area contributed by atoms with Crippen molar-refractivity contribution in [2.75, 3.05) is 0 Å². The number of fused-ring (bicyclic) bond motifs is 2. The average Bonchev–Trinajstić information content (AvgIpc) is 2.86. The highest BCUT2D eigenvalue weighted by Gasteiger charge is 2.35. The molecule has 1 N–H and O–H groups in total. The highest BCUT2D eigenvalue weighted by molar-refractivity contribution is 6.36. The van der Waals surface area contributed by atoms with Crippen molar-refractivity contribution in [3.05, 3.63) is 75.5 Å². The predicted octanol–water partition coefficient (Wildman–Crippen LogP) is 6.66. The van der Waals surface area contributed by atoms with E-state index in [9.17, 15) is 9.90 Å². The van der Waals surface area contributed by atoms with Crippen molar-refractivity contribution < 1.29 is 9.90 Å². The second-order valence-electron chi connectivity index (χ2n) is 7.15. The van der Waals surface area contributed by atoms with E-state index in [1.54, 1.807) is 12.1 Å². The lowest BCUT2D eigenvalue weighted by Crippen LogP contribution is -2.14. The van der Waals surface area contributed by atoms with Crippen LogP contribution in [0.1, 0.15) is 30.9 Å². The molecule has 2 aromatic carbocycles. The summed E-state index contributed by atoms with van der Waals surface area (Å²) in [6.07, 6.45) is 6.30. The Morgan fingerprint density at radius 2 is 1.74 bits per heavy atom. The van der Waals surface area contributed by atoms with Crippen molar-refractivity contribution in [2.24, 2.45) is 11.8 Å². The fourth-order valence-electron chi connectivity index (χ4n) is 4.04. The Balaban J connectivity index is 1.90. The molecular formula is C23H20Cl2O2. The molecule has 0 saturated heterocycles. The molecule has 5 rings (SSSR count). The average molecular weight is 399 g/mol. The van der Waals surface area contributed by atoms with Crippen LogP contribution in [0.2, 0.25) is 10.0 Å². The normalized spacial score (nSPS) is 21.7. The first-order valence-corrected chi connectivity index (χ1v) is 9.99. The van der Waals surface area contributed by atoms with Gasteiger partial charge >= 0.3 is 0 Å². The van der Waals surface area contributed by atoms with Gasteiger partial charge in [0.1, 0.15) is 5.76 Å². The number of Topliss-reactive ketones (excluding diaryl/α,β-unsaturated/α-hetero) is 1. The molecular weight excluding hydrogens is 379 g/mol. The summed E-state index contributed by atoms with van der Waals surface area (Å²) in [6, 6.07) is 11.4. The molecule has 0 aliphatic heterocycles. The van der Waals surface area contributed by atoms with E-state index in [2.05, 4.69) is 6.92 Å². The minimum atomic E-state index is -0.145. The zero-order chi connectivity index (χ0) is 19.1. The smallest absolute Gasteiger partial charge is 0.173 e. The van der Waals surface area contributed by atoms with Gasteiger partial charge in [-0.25, -0.2) is 0 Å². The third-order valence-corrected chi connectivity index (χ3v) is 6.10. The van der Waals surface area contributed by atoms with Crippen LogP contribution in [0.5, 0.6) is 0 Å². The van der Waals surface area contributed by atoms with Crippen LogP contribution in [0, 0.1) is 11.8 Å². The maximum Gasteiger partial charge on any atom is 0.173 e. The molecule has 0 radical (unpaired) electrons. The first-order valence-electron chi connectivity index (χ1n) is 9.24. The zero-order valence-corrected chi connectivity index (χ0v) is 16.5. The van der Waals surface area contributed by atoms with Crippen molar-refractivity contribution in [3.63, 3.8) is 0 Å². The monoisotopic (exact) mass is 398 g/mol. The second kappa shape index (κ2) is 7.18. The van der Waals surface area contributed by atoms with Gasteiger partial charge in [-0.05, 0) is 54.2 Å². The van der Waals surface area contributed by atoms with E-state index in [1.807, 2.05) is 36.4 Å². The van der Waals surface area contributed by atoms with Crippen LogP contribution in [0.25, 0.3) is 16.7 Å². The molecule has 2 nitrogen and oxygen atoms in total. The second-order valence-corrected chi connectivity index (χ2v) is 7.99. The van der Waals surface area contributed by atoms with Gasteiger partial charge in [0.25, 0.3) is 0 Å². The molecule has 27 heavy (non-hydrogen) atoms. The topological polar surface area (TPSA) is 37.3 Å². The highest BCUT2D eigenvalue weighted by Crippen LogP contribution is 2.41. The van der Waals surface area contributed by atoms with Crippen molar-refractivity contribution in [1.82, 2.24) is 0 Å². The number of aliphatic hydroxyl groups excluding tert-OH is 1. The number of ketones is 1. The van der Waals surface area contributed by atoms with E-state index in [0.717, 1.165) is 41.5 Å². The summed E-state index contributed by atoms with van der Waals surface area (Å²) in [5.74, 6) is -0.00771. The number of carbonyl (C=O) groups is 1. The van der Waals surface area contributed by atoms with E-state index in [0.29, 0.717) is 15.6 Å². The van der Waals surface area contributed by atoms with Crippen LogP contribution in [0.15, 0.2) is 54.3 Å². The number of hydrogen-bond donors (Lipinski definition) is 1. The van der Waals surface area contributed by atoms with Gasteiger partial charge in [-0.1, -0.05) is 60.5 Å². The highest BCUT2D eigenvalue weighted by atomic mass is 35.5. The molecule has 2 atom stereocenters. The van der Waals surface area contributed by atoms with Crippen LogP contribution in [-0.4, -0.2) is 10.9 Å². The van der Waals surface area contributed by atoms with Gasteiger partial charge < -0.3 is 5.11 Å². The maximum atomic E-state index is 13.1. The summed E-state index contributed by atoms with van der Waals surface area (Å²) in [4.78, 5) is 13.1. The number of allylic oxidation sites excluding steroid dienone is 3. The standard InChI is InChI=1S/C23H20Cl2O2/c1-2-13-3-8-16(18-10-9-17(24)12-20(18)25)11-19(13)21-22(26)14-4-5-15(7-6-14)23(21)27/h3-5,8-12,14-15,26H,2,6-7H2,1H3. The van der Waals surface area contributed by atoms with Crippen molar-refractivity contribution in [1.29, 1.82) is 0 Å². The number of carbonyl (C=O) groups excluding carboxylic acids is 1. The van der Waals surface area contributed by atoms with E-state index < -0.39 is 0 Å². The molecule has 0 aromatic heterocycles. The molecule has 2 aromatic rings. The molecule has 138 valence electrons. The minimum absolute atomic E-state index is 0.0119. The van der Waals surface area contributed by atoms with Crippen molar-refractivity contribution >= 4 is 34.6 Å². The number of rotatable bonds is 3. The lowest BCUT2D eigenvalue weighted by Gasteiger charge is -2.16. The Kier molecular flexibility index (Phi) is 4.88. The minimum Gasteiger partial charge on any atom is -0.511 e. The molecule has 4 heteroatoms. The molecule has 0 saturated carbocycles. The molecule has 3 aliphatic rings. The summed E-state index contributed by atoms with van der Waals surface area (Å²) in [6.45, 7) is 2.05. The largest absolute Gasteiger partial charge is 0.511 e. The third-order valence-electron chi connectivity index (χ3n) is 5.56. The summed E-state index contributed by atoms with van der Waals surface area (Å²) in [5.41, 5.74) is 4.08. The van der Waals surface area contributed by atoms with E-state index >= 15 is 0 Å². The quantitative estimate of drug-likeness (QED) is 0.586. The van der Waals surface area contributed by atoms with Crippen molar-refractivity contribution in [3.8, 4) is 11.1 Å². The summed E-state index contributed by atoms with van der Waals surface area (Å²) in [7, 11) is 0. The van der Waals surface area contributed by atoms with Gasteiger partial charge in [-0.2, -0.15) is 0 Å². The maximum absolute atomic E-state index is 13.1. The van der Waals surface area contributed by atoms with Gasteiger partial charge in [0.15, 0.2) is 5.78 Å². The van der Waals surface area contributed by atoms with Crippen LogP contribution in [-0.2, 0) is 11.2 Å². The van der Waals surface area contributed by atoms with E-state index in [1.165, 1.54) is 0 Å². The Labute approximate surface area is 169 Å². The number of benzene rings is 2. The molecule has 0 spiro atoms. The van der Waals surface area contributed by atoms with Gasteiger partial charge in [0.05, 0.1) is 5.57 Å². The zero-order valence-electron chi connectivity index (χ0n) is 15.0. The van der Waals surface area contributed by atoms with Gasteiger partial charge in [-0.15, -0.1) is 0 Å². The fourth-order valence-corrected chi connectivity index (χ4v) is 4.56. The van der Waals surface area contributed by atoms with Crippen LogP contribution in [0.4, 0.5) is 0 Å². The first-order chi connectivity index (χ1) is 13.0. The van der Waals surface area contributed by atoms with E-state index in [-0.39, 0.29) is 23.4 Å². The Morgan fingerprint density at radius 3 is 2.41 bits per heavy atom. The van der Waals surface area contributed by atoms with Crippen LogP contribution >= 0.6 is 23.2 Å². The lowest BCUT2D eigenvalue weighted by molar-refractivity contribution is -0.116. The Bertz CT molecular complexity index is 988. The molecule has 0 amide bonds. The number of aliphatic hydroxyl groups is 1. The Morgan fingerprint density at radius 1 is 1.00 bits per heavy atom. The summed E-state index contributed by atoms with van der Waals surface area (Å²) in [5, 5.41) is 12.0. The number of aryl methyl sites for hydroxylation is 1. The fraction of sp³-hybridized carbons (Fsp3) is 0.261. The Hall–Kier alpha value is -2.03. The molecule has 3 aliphatic carbocycles. The molecule has 0 heterocycles. The third kappa shape index (κ3) is 3.22. The number of halogens is 2. The lowest BCUT2D eigenvalue weighted by atomic mass is 9.87. The van der Waals surface area contributed by atoms with E-state index in [4.69, 9.17) is 23.2 Å². The van der Waals surface area contributed by atoms with Gasteiger partial charge in [0.2, 0.25) is 0 Å². The first kappa shape index (κ1) is 18.3. The summed E-state index contributed by atoms with van der Waals surface area (Å²) < 4.78 is 0. The molecule has 2 bridgehead atoms. The van der Waals surface area contributed by atoms with Crippen LogP contribution in [0.3, 0.4) is 0 Å². The predicted molar refractivity (Wildman–Crippen MR) is 111 cm³/mol. The van der Waals surface area contributed by atoms with Crippen LogP contribution < -0.4 is 0 Å².